The maximum absolute atomic E-state index is 5.36. The molecule has 0 atom stereocenters. The number of aryl methyl sites for hydroxylation is 1. The van der Waals surface area contributed by atoms with Crippen LogP contribution in [0.5, 0.6) is 11.9 Å². The fourth-order valence-corrected chi connectivity index (χ4v) is 1.30. The molecule has 0 saturated carbocycles. The van der Waals surface area contributed by atoms with Crippen LogP contribution in [0.3, 0.4) is 0 Å². The van der Waals surface area contributed by atoms with Crippen molar-refractivity contribution < 1.29 is 4.74 Å². The van der Waals surface area contributed by atoms with Crippen LogP contribution in [-0.2, 0) is 13.6 Å². The molecule has 0 bridgehead atoms. The largest absolute Gasteiger partial charge is 0.402 e. The van der Waals surface area contributed by atoms with Crippen molar-refractivity contribution in [1.29, 1.82) is 0 Å². The van der Waals surface area contributed by atoms with Crippen LogP contribution < -0.4 is 10.1 Å². The maximum Gasteiger partial charge on any atom is 0.342 e. The molecule has 0 aliphatic carbocycles. The van der Waals surface area contributed by atoms with Gasteiger partial charge in [0, 0.05) is 19.1 Å². The van der Waals surface area contributed by atoms with Crippen LogP contribution in [0.2, 0.25) is 0 Å². The van der Waals surface area contributed by atoms with E-state index < -0.39 is 0 Å². The summed E-state index contributed by atoms with van der Waals surface area (Å²) in [6.07, 6.45) is 4.80. The average molecular weight is 262 g/mol. The van der Waals surface area contributed by atoms with E-state index in [-0.39, 0.29) is 11.5 Å². The normalized spacial score (nSPS) is 11.6. The highest BCUT2D eigenvalue weighted by Gasteiger charge is 2.09. The van der Waals surface area contributed by atoms with Crippen LogP contribution in [0, 0.1) is 0 Å². The minimum absolute atomic E-state index is 0.0503. The first kappa shape index (κ1) is 13.4. The van der Waals surface area contributed by atoms with Gasteiger partial charge in [-0.1, -0.05) is 0 Å². The van der Waals surface area contributed by atoms with Gasteiger partial charge < -0.3 is 10.1 Å². The Labute approximate surface area is 112 Å². The van der Waals surface area contributed by atoms with Gasteiger partial charge in [0.25, 0.3) is 0 Å². The first-order chi connectivity index (χ1) is 8.92. The number of hydrogen-bond acceptors (Lipinski definition) is 6. The second kappa shape index (κ2) is 5.31. The lowest BCUT2D eigenvalue weighted by Crippen LogP contribution is -2.35. The van der Waals surface area contributed by atoms with Gasteiger partial charge in [-0.2, -0.15) is 4.98 Å². The van der Waals surface area contributed by atoms with Crippen molar-refractivity contribution in [3.63, 3.8) is 0 Å². The Kier molecular flexibility index (Phi) is 3.75. The highest BCUT2D eigenvalue weighted by molar-refractivity contribution is 5.11. The van der Waals surface area contributed by atoms with Crippen molar-refractivity contribution in [2.45, 2.75) is 32.9 Å². The van der Waals surface area contributed by atoms with Crippen LogP contribution in [0.15, 0.2) is 18.7 Å². The van der Waals surface area contributed by atoms with Gasteiger partial charge in [-0.15, -0.1) is 5.10 Å². The lowest BCUT2D eigenvalue weighted by Gasteiger charge is -2.19. The summed E-state index contributed by atoms with van der Waals surface area (Å²) in [6, 6.07) is 0.261. The molecule has 102 valence electrons. The molecule has 7 nitrogen and oxygen atoms in total. The SMILES string of the molecule is Cn1cnc(Oc2cnc(CNC(C)(C)C)cn2)n1. The fraction of sp³-hybridized carbons (Fsp3) is 0.500. The summed E-state index contributed by atoms with van der Waals surface area (Å²) < 4.78 is 6.92. The summed E-state index contributed by atoms with van der Waals surface area (Å²) in [5, 5.41) is 7.34. The molecular weight excluding hydrogens is 244 g/mol. The third-order valence-electron chi connectivity index (χ3n) is 2.26. The molecule has 2 aromatic rings. The number of hydrogen-bond donors (Lipinski definition) is 1. The quantitative estimate of drug-likeness (QED) is 0.894. The van der Waals surface area contributed by atoms with E-state index in [9.17, 15) is 0 Å². The van der Waals surface area contributed by atoms with Crippen molar-refractivity contribution in [1.82, 2.24) is 30.0 Å². The number of aromatic nitrogens is 5. The van der Waals surface area contributed by atoms with Gasteiger partial charge in [0.15, 0.2) is 0 Å². The molecule has 0 aromatic carbocycles. The minimum atomic E-state index is 0.0503. The van der Waals surface area contributed by atoms with E-state index in [0.717, 1.165) is 5.69 Å². The average Bonchev–Trinajstić information content (AvgIpc) is 2.73. The van der Waals surface area contributed by atoms with E-state index in [1.54, 1.807) is 30.5 Å². The highest BCUT2D eigenvalue weighted by Crippen LogP contribution is 2.12. The molecule has 2 rings (SSSR count). The molecule has 0 unspecified atom stereocenters. The van der Waals surface area contributed by atoms with Gasteiger partial charge in [-0.05, 0) is 20.8 Å². The second-order valence-electron chi connectivity index (χ2n) is 5.25. The maximum atomic E-state index is 5.36. The smallest absolute Gasteiger partial charge is 0.342 e. The molecular formula is C12H18N6O. The Morgan fingerprint density at radius 3 is 2.53 bits per heavy atom. The molecule has 0 saturated heterocycles. The van der Waals surface area contributed by atoms with Crippen LogP contribution in [0.1, 0.15) is 26.5 Å². The molecule has 0 fully saturated rings. The molecule has 0 aliphatic heterocycles. The van der Waals surface area contributed by atoms with E-state index in [0.29, 0.717) is 12.4 Å². The van der Waals surface area contributed by atoms with Crippen LogP contribution >= 0.6 is 0 Å². The zero-order valence-electron chi connectivity index (χ0n) is 11.6. The third-order valence-corrected chi connectivity index (χ3v) is 2.26. The van der Waals surface area contributed by atoms with Crippen LogP contribution in [0.25, 0.3) is 0 Å². The minimum Gasteiger partial charge on any atom is -0.402 e. The Morgan fingerprint density at radius 1 is 1.21 bits per heavy atom. The van der Waals surface area contributed by atoms with Crippen molar-refractivity contribution in [3.05, 3.63) is 24.4 Å². The molecule has 7 heteroatoms. The predicted octanol–water partition coefficient (Wildman–Crippen LogP) is 1.29. The molecule has 0 aliphatic rings. The van der Waals surface area contributed by atoms with Gasteiger partial charge in [0.2, 0.25) is 5.88 Å². The van der Waals surface area contributed by atoms with E-state index >= 15 is 0 Å². The summed E-state index contributed by atoms with van der Waals surface area (Å²) in [6.45, 7) is 6.97. The summed E-state index contributed by atoms with van der Waals surface area (Å²) in [7, 11) is 1.77. The fourth-order valence-electron chi connectivity index (χ4n) is 1.30. The van der Waals surface area contributed by atoms with Crippen molar-refractivity contribution in [2.24, 2.45) is 7.05 Å². The van der Waals surface area contributed by atoms with E-state index in [2.05, 4.69) is 46.1 Å². The highest BCUT2D eigenvalue weighted by atomic mass is 16.5. The molecule has 0 amide bonds. The van der Waals surface area contributed by atoms with Crippen molar-refractivity contribution >= 4 is 0 Å². The zero-order chi connectivity index (χ0) is 13.9. The Balaban J connectivity index is 1.95. The van der Waals surface area contributed by atoms with Gasteiger partial charge in [0.1, 0.15) is 6.33 Å². The summed E-state index contributed by atoms with van der Waals surface area (Å²) in [5.74, 6) is 0.380. The molecule has 0 radical (unpaired) electrons. The topological polar surface area (TPSA) is 77.8 Å². The first-order valence-corrected chi connectivity index (χ1v) is 6.02. The van der Waals surface area contributed by atoms with Gasteiger partial charge >= 0.3 is 6.01 Å². The van der Waals surface area contributed by atoms with Crippen molar-refractivity contribution in [2.75, 3.05) is 0 Å². The Hall–Kier alpha value is -2.02. The number of nitrogens with zero attached hydrogens (tertiary/aromatic N) is 5. The molecule has 2 aromatic heterocycles. The number of ether oxygens (including phenoxy) is 1. The molecule has 19 heavy (non-hydrogen) atoms. The summed E-state index contributed by atoms with van der Waals surface area (Å²) in [4.78, 5) is 12.4. The lowest BCUT2D eigenvalue weighted by molar-refractivity contribution is 0.411. The lowest BCUT2D eigenvalue weighted by atomic mass is 10.1. The number of rotatable bonds is 4. The van der Waals surface area contributed by atoms with E-state index in [1.165, 1.54) is 0 Å². The second-order valence-corrected chi connectivity index (χ2v) is 5.25. The third kappa shape index (κ3) is 4.29. The summed E-state index contributed by atoms with van der Waals surface area (Å²) >= 11 is 0. The first-order valence-electron chi connectivity index (χ1n) is 6.02. The van der Waals surface area contributed by atoms with Crippen LogP contribution in [-0.4, -0.2) is 30.3 Å². The Morgan fingerprint density at radius 2 is 2.00 bits per heavy atom. The zero-order valence-corrected chi connectivity index (χ0v) is 11.6. The summed E-state index contributed by atoms with van der Waals surface area (Å²) in [5.41, 5.74) is 0.908. The van der Waals surface area contributed by atoms with Gasteiger partial charge in [-0.3, -0.25) is 9.67 Å². The predicted molar refractivity (Wildman–Crippen MR) is 69.7 cm³/mol. The molecule has 2 heterocycles. The standard InChI is InChI=1S/C12H18N6O/c1-12(2,3)16-6-9-5-14-10(7-13-9)19-11-15-8-18(4)17-11/h5,7-8,16H,6H2,1-4H3. The van der Waals surface area contributed by atoms with Crippen molar-refractivity contribution in [3.8, 4) is 11.9 Å². The van der Waals surface area contributed by atoms with Gasteiger partial charge in [-0.25, -0.2) is 4.98 Å². The number of nitrogens with one attached hydrogen (secondary N) is 1. The van der Waals surface area contributed by atoms with Crippen LogP contribution in [0.4, 0.5) is 0 Å². The molecule has 0 spiro atoms. The monoisotopic (exact) mass is 262 g/mol. The van der Waals surface area contributed by atoms with Gasteiger partial charge in [0.05, 0.1) is 18.1 Å². The van der Waals surface area contributed by atoms with E-state index in [4.69, 9.17) is 4.74 Å². The van der Waals surface area contributed by atoms with E-state index in [1.807, 2.05) is 0 Å². The molecule has 1 N–H and O–H groups in total. The Bertz CT molecular complexity index is 528.